The quantitative estimate of drug-likeness (QED) is 0.161. The lowest BCUT2D eigenvalue weighted by Crippen LogP contribution is -2.29. The summed E-state index contributed by atoms with van der Waals surface area (Å²) in [4.78, 5) is 0.312. The van der Waals surface area contributed by atoms with Crippen molar-refractivity contribution in [2.75, 3.05) is 13.1 Å². The zero-order chi connectivity index (χ0) is 46.6. The molecule has 10 aromatic rings. The standard InChI is InChI=1S/C27H24FN3O2S.C26H23FN4O2S.2ClH/c28-21-13-14-24-25(18-31(27(24)16-21)34(32,33)23-9-5-2-6-10-23)19-11-12-20-17-30(29-26(20)15-19)22-7-3-1-4-8-22;27-20-8-9-23-24(17-30(26(23)15-20)34(32,33)22-4-2-1-3-5-22)18-6-7-19-16-29-31(25(19)14-18)21-10-12-28-13-11-21;;/h2,5-6,9-18,22H,1,3-4,7-8H2;1-9,14-17,21,28H,10-13H2;2*1H. The van der Waals surface area contributed by atoms with E-state index in [9.17, 15) is 25.6 Å². The highest BCUT2D eigenvalue weighted by Gasteiger charge is 2.25. The average molecular weight is 1020 g/mol. The molecule has 12 rings (SSSR count). The summed E-state index contributed by atoms with van der Waals surface area (Å²) in [7, 11) is -7.79. The monoisotopic (exact) mass is 1020 g/mol. The molecular weight excluding hydrogens is 972 g/mol. The van der Waals surface area contributed by atoms with Crippen molar-refractivity contribution in [2.45, 2.75) is 66.8 Å². The zero-order valence-electron chi connectivity index (χ0n) is 37.7. The Morgan fingerprint density at radius 2 is 1.06 bits per heavy atom. The Morgan fingerprint density at radius 3 is 1.61 bits per heavy atom. The van der Waals surface area contributed by atoms with Gasteiger partial charge >= 0.3 is 0 Å². The first-order valence-corrected chi connectivity index (χ1v) is 25.8. The average Bonchev–Trinajstić information content (AvgIpc) is 4.18. The van der Waals surface area contributed by atoms with Crippen LogP contribution >= 0.6 is 24.8 Å². The first-order valence-electron chi connectivity index (χ1n) is 22.9. The Balaban J connectivity index is 0.000000169. The number of fused-ring (bicyclic) bond motifs is 4. The van der Waals surface area contributed by atoms with Gasteiger partial charge in [0.2, 0.25) is 0 Å². The SMILES string of the molecule is Cl.Cl.O=S(=O)(c1ccccc1)n1cc(-c2ccc3cn(C4CCCCC4)nc3c2)c2ccc(F)cc21.O=S(=O)(c1ccccc1)n1cc(-c2ccc3cnn(C4CCNCC4)c3c2)c2ccc(F)cc21. The molecule has 0 bridgehead atoms. The molecule has 2 aliphatic rings. The highest BCUT2D eigenvalue weighted by molar-refractivity contribution is 7.90. The summed E-state index contributed by atoms with van der Waals surface area (Å²) in [6, 6.07) is 37.8. The van der Waals surface area contributed by atoms with Gasteiger partial charge in [-0.3, -0.25) is 9.36 Å². The third-order valence-electron chi connectivity index (χ3n) is 13.4. The van der Waals surface area contributed by atoms with Crippen LogP contribution in [0.4, 0.5) is 8.78 Å². The smallest absolute Gasteiger partial charge is 0.268 e. The van der Waals surface area contributed by atoms with E-state index in [4.69, 9.17) is 5.10 Å². The van der Waals surface area contributed by atoms with E-state index in [-0.39, 0.29) is 34.6 Å². The van der Waals surface area contributed by atoms with Crippen LogP contribution < -0.4 is 5.32 Å². The van der Waals surface area contributed by atoms with Gasteiger partial charge in [0.15, 0.2) is 0 Å². The summed E-state index contributed by atoms with van der Waals surface area (Å²) in [6.07, 6.45) is 15.2. The number of halogens is 4. The van der Waals surface area contributed by atoms with E-state index in [1.54, 1.807) is 85.2 Å². The second-order valence-corrected chi connectivity index (χ2v) is 21.3. The number of aromatic nitrogens is 6. The molecule has 6 aromatic carbocycles. The lowest BCUT2D eigenvalue weighted by atomic mass is 9.96. The van der Waals surface area contributed by atoms with Crippen LogP contribution in [0.2, 0.25) is 0 Å². The van der Waals surface area contributed by atoms with Crippen LogP contribution in [0.25, 0.3) is 65.9 Å². The third-order valence-corrected chi connectivity index (χ3v) is 16.8. The zero-order valence-corrected chi connectivity index (χ0v) is 41.0. The van der Waals surface area contributed by atoms with E-state index < -0.39 is 31.7 Å². The van der Waals surface area contributed by atoms with Crippen LogP contribution in [-0.2, 0) is 20.0 Å². The fraction of sp³-hybridized carbons (Fsp3) is 0.208. The highest BCUT2D eigenvalue weighted by Crippen LogP contribution is 2.38. The fourth-order valence-corrected chi connectivity index (χ4v) is 12.7. The molecular formula is C53H49Cl2F2N7O4S2. The molecule has 360 valence electrons. The van der Waals surface area contributed by atoms with Gasteiger partial charge in [0.25, 0.3) is 20.0 Å². The fourth-order valence-electron chi connectivity index (χ4n) is 9.90. The van der Waals surface area contributed by atoms with Crippen molar-refractivity contribution in [3.8, 4) is 22.3 Å². The van der Waals surface area contributed by atoms with Crippen LogP contribution in [-0.4, -0.2) is 57.4 Å². The van der Waals surface area contributed by atoms with Crippen molar-refractivity contribution >= 4 is 88.5 Å². The van der Waals surface area contributed by atoms with Crippen LogP contribution in [0.3, 0.4) is 0 Å². The van der Waals surface area contributed by atoms with E-state index in [1.165, 1.54) is 51.5 Å². The molecule has 5 heterocycles. The van der Waals surface area contributed by atoms with Gasteiger partial charge in [-0.2, -0.15) is 10.2 Å². The minimum atomic E-state index is -3.90. The summed E-state index contributed by atoms with van der Waals surface area (Å²) >= 11 is 0. The Kier molecular flexibility index (Phi) is 13.8. The molecule has 1 saturated heterocycles. The second-order valence-electron chi connectivity index (χ2n) is 17.7. The number of nitrogens with one attached hydrogen (secondary N) is 1. The summed E-state index contributed by atoms with van der Waals surface area (Å²) < 4.78 is 88.7. The molecule has 70 heavy (non-hydrogen) atoms. The maximum atomic E-state index is 14.2. The first kappa shape index (κ1) is 48.7. The molecule has 0 spiro atoms. The summed E-state index contributed by atoms with van der Waals surface area (Å²) in [5, 5.41) is 16.3. The van der Waals surface area contributed by atoms with Gasteiger partial charge in [-0.1, -0.05) is 79.9 Å². The van der Waals surface area contributed by atoms with E-state index in [2.05, 4.69) is 32.0 Å². The van der Waals surface area contributed by atoms with Gasteiger partial charge in [-0.15, -0.1) is 24.8 Å². The molecule has 17 heteroatoms. The van der Waals surface area contributed by atoms with Gasteiger partial charge in [0.1, 0.15) is 11.6 Å². The van der Waals surface area contributed by atoms with Crippen LogP contribution in [0.15, 0.2) is 168 Å². The number of rotatable bonds is 8. The molecule has 2 fully saturated rings. The lowest BCUT2D eigenvalue weighted by molar-refractivity contribution is 0.331. The van der Waals surface area contributed by atoms with Gasteiger partial charge in [0.05, 0.1) is 50.1 Å². The normalized spacial score (nSPS) is 14.9. The van der Waals surface area contributed by atoms with Crippen molar-refractivity contribution in [3.05, 3.63) is 170 Å². The van der Waals surface area contributed by atoms with Crippen molar-refractivity contribution in [2.24, 2.45) is 0 Å². The molecule has 4 aromatic heterocycles. The number of nitrogens with zero attached hydrogens (tertiary/aromatic N) is 6. The minimum absolute atomic E-state index is 0. The van der Waals surface area contributed by atoms with E-state index in [0.717, 1.165) is 82.8 Å². The van der Waals surface area contributed by atoms with Crippen LogP contribution in [0.1, 0.15) is 57.0 Å². The van der Waals surface area contributed by atoms with Gasteiger partial charge in [-0.25, -0.2) is 33.6 Å². The van der Waals surface area contributed by atoms with Crippen LogP contribution in [0, 0.1) is 11.6 Å². The maximum absolute atomic E-state index is 14.2. The molecule has 0 atom stereocenters. The Morgan fingerprint density at radius 1 is 0.529 bits per heavy atom. The summed E-state index contributed by atoms with van der Waals surface area (Å²) in [6.45, 7) is 1.92. The molecule has 1 aliphatic carbocycles. The lowest BCUT2D eigenvalue weighted by Gasteiger charge is -2.23. The molecule has 1 aliphatic heterocycles. The molecule has 0 radical (unpaired) electrons. The largest absolute Gasteiger partial charge is 0.317 e. The van der Waals surface area contributed by atoms with E-state index in [1.807, 2.05) is 36.5 Å². The Labute approximate surface area is 416 Å². The van der Waals surface area contributed by atoms with Crippen molar-refractivity contribution < 1.29 is 25.6 Å². The topological polar surface area (TPSA) is 126 Å². The predicted octanol–water partition coefficient (Wildman–Crippen LogP) is 12.3. The molecule has 0 amide bonds. The molecule has 1 saturated carbocycles. The van der Waals surface area contributed by atoms with E-state index >= 15 is 0 Å². The van der Waals surface area contributed by atoms with Gasteiger partial charge < -0.3 is 5.32 Å². The minimum Gasteiger partial charge on any atom is -0.317 e. The summed E-state index contributed by atoms with van der Waals surface area (Å²) in [5.41, 5.74) is 5.67. The molecule has 11 nitrogen and oxygen atoms in total. The molecule has 0 unspecified atom stereocenters. The van der Waals surface area contributed by atoms with E-state index in [0.29, 0.717) is 33.9 Å². The summed E-state index contributed by atoms with van der Waals surface area (Å²) in [5.74, 6) is -0.968. The highest BCUT2D eigenvalue weighted by atomic mass is 35.5. The number of hydrogen-bond acceptors (Lipinski definition) is 7. The van der Waals surface area contributed by atoms with Crippen molar-refractivity contribution in [1.29, 1.82) is 0 Å². The van der Waals surface area contributed by atoms with Crippen LogP contribution in [0.5, 0.6) is 0 Å². The van der Waals surface area contributed by atoms with Crippen molar-refractivity contribution in [1.82, 2.24) is 32.8 Å². The predicted molar refractivity (Wildman–Crippen MR) is 277 cm³/mol. The third kappa shape index (κ3) is 9.01. The Bertz CT molecular complexity index is 3730. The number of hydrogen-bond donors (Lipinski definition) is 1. The number of piperidine rings is 1. The van der Waals surface area contributed by atoms with Gasteiger partial charge in [0, 0.05) is 51.3 Å². The van der Waals surface area contributed by atoms with Crippen molar-refractivity contribution in [3.63, 3.8) is 0 Å². The Hall–Kier alpha value is -6.36. The maximum Gasteiger partial charge on any atom is 0.268 e. The van der Waals surface area contributed by atoms with Gasteiger partial charge in [-0.05, 0) is 123 Å². The number of benzene rings is 6. The molecule has 1 N–H and O–H groups in total. The second kappa shape index (κ2) is 19.8. The first-order chi connectivity index (χ1) is 33.0.